The molecule has 8 aromatic carbocycles. The van der Waals surface area contributed by atoms with Gasteiger partial charge in [-0.25, -0.2) is 0 Å². The number of benzene rings is 8. The van der Waals surface area contributed by atoms with Crippen molar-refractivity contribution < 1.29 is 0 Å². The Balaban J connectivity index is 0.000000202. The van der Waals surface area contributed by atoms with Gasteiger partial charge in [0.1, 0.15) is 0 Å². The van der Waals surface area contributed by atoms with Crippen molar-refractivity contribution >= 4 is 60.8 Å². The second-order valence-corrected chi connectivity index (χ2v) is 12.0. The van der Waals surface area contributed by atoms with E-state index in [1.807, 2.05) is 48.5 Å². The third kappa shape index (κ3) is 6.85. The summed E-state index contributed by atoms with van der Waals surface area (Å²) in [6.45, 7) is 7.38. The van der Waals surface area contributed by atoms with Crippen molar-refractivity contribution in [3.05, 3.63) is 187 Å². The van der Waals surface area contributed by atoms with Crippen LogP contribution in [0.1, 0.15) is 16.7 Å². The average molecular weight is 636 g/mol. The molecular formula is C46H41N3. The second-order valence-electron chi connectivity index (χ2n) is 12.0. The summed E-state index contributed by atoms with van der Waals surface area (Å²) >= 11 is 0. The number of aromatic nitrogens is 1. The lowest BCUT2D eigenvalue weighted by Crippen LogP contribution is -1.95. The standard InChI is InChI=1S/C31H21N.C7H9N.C7H8.CH3N/c1-20-7-6-9-22(19-20)32-30-12-5-4-11-27(30)29-18-16-26-25-14-13-21-8-2-3-10-23(21)24(25)15-17-28(26)31(29)32;8-6-7-4-2-1-3-5-7;1-7-5-3-2-4-6-7;1-2/h2-19H,1H3;1-5H,6,8H2;2-6H,1H3;2H,1H2. The summed E-state index contributed by atoms with van der Waals surface area (Å²) in [7, 11) is 0. The Morgan fingerprint density at radius 3 is 1.61 bits per heavy atom. The van der Waals surface area contributed by atoms with E-state index in [0.717, 1.165) is 0 Å². The predicted molar refractivity (Wildman–Crippen MR) is 213 cm³/mol. The van der Waals surface area contributed by atoms with Crippen molar-refractivity contribution in [1.29, 1.82) is 5.41 Å². The van der Waals surface area contributed by atoms with Crippen LogP contribution in [-0.2, 0) is 6.54 Å². The molecule has 0 radical (unpaired) electrons. The Labute approximate surface area is 288 Å². The minimum atomic E-state index is 0.640. The molecule has 49 heavy (non-hydrogen) atoms. The molecule has 3 N–H and O–H groups in total. The molecule has 0 atom stereocenters. The van der Waals surface area contributed by atoms with Gasteiger partial charge in [-0.05, 0) is 76.8 Å². The maximum absolute atomic E-state index is 5.50. The molecule has 9 aromatic rings. The van der Waals surface area contributed by atoms with Crippen molar-refractivity contribution in [2.75, 3.05) is 0 Å². The van der Waals surface area contributed by atoms with Crippen LogP contribution in [0.15, 0.2) is 170 Å². The molecule has 1 aromatic heterocycles. The van der Waals surface area contributed by atoms with Gasteiger partial charge in [-0.1, -0.05) is 157 Å². The molecule has 9 rings (SSSR count). The van der Waals surface area contributed by atoms with E-state index >= 15 is 0 Å². The van der Waals surface area contributed by atoms with Crippen molar-refractivity contribution in [1.82, 2.24) is 4.57 Å². The van der Waals surface area contributed by atoms with Gasteiger partial charge in [0.05, 0.1) is 11.0 Å². The number of rotatable bonds is 2. The zero-order valence-electron chi connectivity index (χ0n) is 28.1. The van der Waals surface area contributed by atoms with Crippen LogP contribution in [0, 0.1) is 19.3 Å². The summed E-state index contributed by atoms with van der Waals surface area (Å²) in [6.07, 6.45) is 0. The molecular weight excluding hydrogens is 595 g/mol. The van der Waals surface area contributed by atoms with Crippen LogP contribution >= 0.6 is 0 Å². The number of nitrogens with one attached hydrogen (secondary N) is 1. The normalized spacial score (nSPS) is 10.6. The molecule has 0 aliphatic rings. The number of aryl methyl sites for hydroxylation is 2. The van der Waals surface area contributed by atoms with Gasteiger partial charge >= 0.3 is 0 Å². The number of para-hydroxylation sites is 1. The number of hydrogen-bond donors (Lipinski definition) is 2. The topological polar surface area (TPSA) is 54.8 Å². The highest BCUT2D eigenvalue weighted by Crippen LogP contribution is 2.39. The summed E-state index contributed by atoms with van der Waals surface area (Å²) < 4.78 is 2.44. The van der Waals surface area contributed by atoms with Gasteiger partial charge in [0, 0.05) is 28.4 Å². The smallest absolute Gasteiger partial charge is 0.0619 e. The summed E-state index contributed by atoms with van der Waals surface area (Å²) in [5.41, 5.74) is 12.9. The third-order valence-corrected chi connectivity index (χ3v) is 8.83. The van der Waals surface area contributed by atoms with Crippen molar-refractivity contribution in [2.24, 2.45) is 5.73 Å². The van der Waals surface area contributed by atoms with Crippen molar-refractivity contribution in [3.63, 3.8) is 0 Å². The van der Waals surface area contributed by atoms with E-state index < -0.39 is 0 Å². The number of nitrogens with two attached hydrogens (primary N) is 1. The highest BCUT2D eigenvalue weighted by atomic mass is 15.0. The van der Waals surface area contributed by atoms with Gasteiger partial charge in [-0.15, -0.1) is 0 Å². The van der Waals surface area contributed by atoms with Gasteiger partial charge in [0.2, 0.25) is 0 Å². The molecule has 0 saturated carbocycles. The Hall–Kier alpha value is -6.03. The van der Waals surface area contributed by atoms with E-state index in [2.05, 4.69) is 146 Å². The first-order chi connectivity index (χ1) is 24.1. The quantitative estimate of drug-likeness (QED) is 0.144. The minimum Gasteiger partial charge on any atom is -0.326 e. The summed E-state index contributed by atoms with van der Waals surface area (Å²) in [4.78, 5) is 0. The first-order valence-electron chi connectivity index (χ1n) is 16.6. The van der Waals surface area contributed by atoms with Crippen LogP contribution in [0.25, 0.3) is 59.8 Å². The largest absolute Gasteiger partial charge is 0.326 e. The van der Waals surface area contributed by atoms with Gasteiger partial charge in [-0.3, -0.25) is 0 Å². The third-order valence-electron chi connectivity index (χ3n) is 8.83. The molecule has 3 nitrogen and oxygen atoms in total. The predicted octanol–water partition coefficient (Wildman–Crippen LogP) is 12.0. The van der Waals surface area contributed by atoms with E-state index in [0.29, 0.717) is 6.54 Å². The lowest BCUT2D eigenvalue weighted by molar-refractivity contribution is 1.07. The fourth-order valence-electron chi connectivity index (χ4n) is 6.55. The monoisotopic (exact) mass is 635 g/mol. The van der Waals surface area contributed by atoms with E-state index in [9.17, 15) is 0 Å². The lowest BCUT2D eigenvalue weighted by atomic mass is 9.96. The van der Waals surface area contributed by atoms with E-state index in [1.54, 1.807) is 0 Å². The number of fused-ring (bicyclic) bond motifs is 9. The highest BCUT2D eigenvalue weighted by molar-refractivity contribution is 6.25. The fraction of sp³-hybridized carbons (Fsp3) is 0.0652. The maximum Gasteiger partial charge on any atom is 0.0619 e. The Morgan fingerprint density at radius 1 is 0.469 bits per heavy atom. The second kappa shape index (κ2) is 15.2. The first kappa shape index (κ1) is 32.9. The molecule has 0 spiro atoms. The molecule has 0 aliphatic carbocycles. The van der Waals surface area contributed by atoms with Gasteiger partial charge in [0.25, 0.3) is 0 Å². The van der Waals surface area contributed by atoms with Gasteiger partial charge in [-0.2, -0.15) is 0 Å². The van der Waals surface area contributed by atoms with Crippen LogP contribution in [0.5, 0.6) is 0 Å². The SMILES string of the molecule is C=N.Cc1cccc(-n2c3ccccc3c3ccc4c5ccc6ccccc6c5ccc4c32)c1.Cc1ccccc1.NCc1ccccc1. The molecule has 0 bridgehead atoms. The van der Waals surface area contributed by atoms with Crippen LogP contribution in [0.3, 0.4) is 0 Å². The molecule has 0 unspecified atom stereocenters. The molecule has 0 aliphatic heterocycles. The lowest BCUT2D eigenvalue weighted by Gasteiger charge is -2.12. The van der Waals surface area contributed by atoms with E-state index in [4.69, 9.17) is 11.1 Å². The first-order valence-corrected chi connectivity index (χ1v) is 16.6. The molecule has 3 heteroatoms. The Bertz CT molecular complexity index is 2480. The highest BCUT2D eigenvalue weighted by Gasteiger charge is 2.16. The Kier molecular flexibility index (Phi) is 10.2. The number of nitrogens with zero attached hydrogens (tertiary/aromatic N) is 1. The van der Waals surface area contributed by atoms with Crippen LogP contribution in [0.2, 0.25) is 0 Å². The summed E-state index contributed by atoms with van der Waals surface area (Å²) in [5, 5.41) is 15.9. The van der Waals surface area contributed by atoms with Gasteiger partial charge in [0.15, 0.2) is 0 Å². The van der Waals surface area contributed by atoms with Crippen molar-refractivity contribution in [2.45, 2.75) is 20.4 Å². The number of hydrogen-bond acceptors (Lipinski definition) is 2. The Morgan fingerprint density at radius 2 is 0.980 bits per heavy atom. The molecule has 0 amide bonds. The van der Waals surface area contributed by atoms with E-state index in [1.165, 1.54) is 76.5 Å². The average Bonchev–Trinajstić information content (AvgIpc) is 3.51. The van der Waals surface area contributed by atoms with Gasteiger partial charge < -0.3 is 15.7 Å². The molecule has 0 saturated heterocycles. The van der Waals surface area contributed by atoms with Crippen LogP contribution in [-0.4, -0.2) is 11.3 Å². The zero-order chi connectivity index (χ0) is 34.2. The molecule has 1 heterocycles. The van der Waals surface area contributed by atoms with E-state index in [-0.39, 0.29) is 0 Å². The zero-order valence-corrected chi connectivity index (χ0v) is 28.1. The molecule has 240 valence electrons. The van der Waals surface area contributed by atoms with Crippen LogP contribution < -0.4 is 5.73 Å². The minimum absolute atomic E-state index is 0.640. The fourth-order valence-corrected chi connectivity index (χ4v) is 6.55. The van der Waals surface area contributed by atoms with Crippen molar-refractivity contribution in [3.8, 4) is 5.69 Å². The molecule has 0 fully saturated rings. The summed E-state index contributed by atoms with van der Waals surface area (Å²) in [5.74, 6) is 0. The summed E-state index contributed by atoms with van der Waals surface area (Å²) in [6, 6.07) is 60.2. The maximum atomic E-state index is 5.50. The van der Waals surface area contributed by atoms with Crippen LogP contribution in [0.4, 0.5) is 0 Å².